The third-order valence-electron chi connectivity index (χ3n) is 2.36. The number of halogens is 2. The topological polar surface area (TPSA) is 25.2 Å². The molecule has 1 N–H and O–H groups in total. The van der Waals surface area contributed by atoms with Crippen LogP contribution in [0.25, 0.3) is 11.0 Å². The number of rotatable bonds is 4. The van der Waals surface area contributed by atoms with E-state index in [1.165, 1.54) is 6.07 Å². The van der Waals surface area contributed by atoms with E-state index in [1.807, 2.05) is 0 Å². The first-order valence-electron chi connectivity index (χ1n) is 5.29. The monoisotopic (exact) mass is 285 g/mol. The summed E-state index contributed by atoms with van der Waals surface area (Å²) in [6.45, 7) is 3.66. The molecule has 0 fully saturated rings. The lowest BCUT2D eigenvalue weighted by Crippen LogP contribution is -2.12. The molecular formula is C12H13BrFNO. The van der Waals surface area contributed by atoms with Crippen LogP contribution in [0.2, 0.25) is 0 Å². The predicted octanol–water partition coefficient (Wildman–Crippen LogP) is 3.83. The summed E-state index contributed by atoms with van der Waals surface area (Å²) in [5, 5.41) is 3.75. The van der Waals surface area contributed by atoms with E-state index < -0.39 is 0 Å². The molecule has 0 saturated heterocycles. The second-order valence-corrected chi connectivity index (χ2v) is 4.52. The molecule has 1 aromatic carbocycles. The number of benzene rings is 1. The van der Waals surface area contributed by atoms with Gasteiger partial charge in [0.2, 0.25) is 0 Å². The zero-order valence-electron chi connectivity index (χ0n) is 9.02. The average Bonchev–Trinajstić information content (AvgIpc) is 2.69. The van der Waals surface area contributed by atoms with Crippen molar-refractivity contribution in [1.29, 1.82) is 0 Å². The Morgan fingerprint density at radius 1 is 1.44 bits per heavy atom. The molecule has 0 bridgehead atoms. The van der Waals surface area contributed by atoms with Crippen LogP contribution in [-0.4, -0.2) is 6.54 Å². The van der Waals surface area contributed by atoms with E-state index in [-0.39, 0.29) is 5.82 Å². The number of fused-ring (bicyclic) bond motifs is 1. The van der Waals surface area contributed by atoms with Crippen molar-refractivity contribution >= 4 is 26.9 Å². The van der Waals surface area contributed by atoms with Gasteiger partial charge in [-0.05, 0) is 47.1 Å². The Labute approximate surface area is 102 Å². The minimum absolute atomic E-state index is 0.247. The maximum atomic E-state index is 13.5. The molecule has 0 aliphatic rings. The normalized spacial score (nSPS) is 11.2. The van der Waals surface area contributed by atoms with Gasteiger partial charge in [-0.3, -0.25) is 0 Å². The van der Waals surface area contributed by atoms with Crippen molar-refractivity contribution in [3.05, 3.63) is 34.2 Å². The Morgan fingerprint density at radius 2 is 2.25 bits per heavy atom. The summed E-state index contributed by atoms with van der Waals surface area (Å²) in [5.41, 5.74) is 0.577. The molecule has 0 amide bonds. The van der Waals surface area contributed by atoms with Crippen LogP contribution in [0.3, 0.4) is 0 Å². The Morgan fingerprint density at radius 3 is 2.94 bits per heavy atom. The van der Waals surface area contributed by atoms with Crippen molar-refractivity contribution in [3.8, 4) is 0 Å². The smallest absolute Gasteiger partial charge is 0.151 e. The van der Waals surface area contributed by atoms with E-state index in [4.69, 9.17) is 4.42 Å². The molecule has 0 radical (unpaired) electrons. The van der Waals surface area contributed by atoms with E-state index in [0.717, 1.165) is 23.2 Å². The summed E-state index contributed by atoms with van der Waals surface area (Å²) in [5.74, 6) is 0.512. The fraction of sp³-hybridized carbons (Fsp3) is 0.333. The van der Waals surface area contributed by atoms with Crippen molar-refractivity contribution in [2.24, 2.45) is 0 Å². The molecule has 16 heavy (non-hydrogen) atoms. The van der Waals surface area contributed by atoms with Crippen LogP contribution < -0.4 is 5.32 Å². The summed E-state index contributed by atoms with van der Waals surface area (Å²) in [4.78, 5) is 0. The molecular weight excluding hydrogens is 273 g/mol. The quantitative estimate of drug-likeness (QED) is 0.864. The van der Waals surface area contributed by atoms with Crippen molar-refractivity contribution < 1.29 is 8.81 Å². The molecule has 86 valence electrons. The Hall–Kier alpha value is -0.870. The molecule has 0 saturated carbocycles. The lowest BCUT2D eigenvalue weighted by Gasteiger charge is -1.97. The first-order valence-corrected chi connectivity index (χ1v) is 6.09. The van der Waals surface area contributed by atoms with Crippen molar-refractivity contribution in [2.75, 3.05) is 6.54 Å². The van der Waals surface area contributed by atoms with Crippen LogP contribution in [0.4, 0.5) is 4.39 Å². The molecule has 2 rings (SSSR count). The van der Waals surface area contributed by atoms with Crippen molar-refractivity contribution in [1.82, 2.24) is 5.32 Å². The number of hydrogen-bond acceptors (Lipinski definition) is 2. The average molecular weight is 286 g/mol. The molecule has 4 heteroatoms. The standard InChI is InChI=1S/C12H13BrFNO/c1-2-5-15-7-8-6-9-11(14)4-3-10(13)12(9)16-8/h3-4,6,15H,2,5,7H2,1H3. The van der Waals surface area contributed by atoms with Crippen LogP contribution in [0.15, 0.2) is 27.1 Å². The van der Waals surface area contributed by atoms with Gasteiger partial charge in [0.15, 0.2) is 5.58 Å². The molecule has 0 atom stereocenters. The molecule has 1 aromatic heterocycles. The SMILES string of the molecule is CCCNCc1cc2c(F)ccc(Br)c2o1. The maximum Gasteiger partial charge on any atom is 0.151 e. The third kappa shape index (κ3) is 2.28. The summed E-state index contributed by atoms with van der Waals surface area (Å²) in [7, 11) is 0. The van der Waals surface area contributed by atoms with Crippen molar-refractivity contribution in [3.63, 3.8) is 0 Å². The molecule has 1 heterocycles. The lowest BCUT2D eigenvalue weighted by atomic mass is 10.2. The third-order valence-corrected chi connectivity index (χ3v) is 2.98. The van der Waals surface area contributed by atoms with Gasteiger partial charge in [-0.1, -0.05) is 6.92 Å². The highest BCUT2D eigenvalue weighted by atomic mass is 79.9. The molecule has 0 unspecified atom stereocenters. The van der Waals surface area contributed by atoms with Gasteiger partial charge in [-0.2, -0.15) is 0 Å². The second-order valence-electron chi connectivity index (χ2n) is 3.66. The Balaban J connectivity index is 2.29. The Bertz CT molecular complexity index is 456. The van der Waals surface area contributed by atoms with Crippen LogP contribution in [0.1, 0.15) is 19.1 Å². The highest BCUT2D eigenvalue weighted by Gasteiger charge is 2.10. The number of hydrogen-bond donors (Lipinski definition) is 1. The number of furan rings is 1. The van der Waals surface area contributed by atoms with Crippen LogP contribution in [0.5, 0.6) is 0 Å². The lowest BCUT2D eigenvalue weighted by molar-refractivity contribution is 0.512. The molecule has 0 aliphatic heterocycles. The minimum atomic E-state index is -0.247. The largest absolute Gasteiger partial charge is 0.458 e. The molecule has 2 aromatic rings. The fourth-order valence-corrected chi connectivity index (χ4v) is 2.01. The first kappa shape index (κ1) is 11.6. The second kappa shape index (κ2) is 4.97. The van der Waals surface area contributed by atoms with Gasteiger partial charge in [0.05, 0.1) is 16.4 Å². The predicted molar refractivity (Wildman–Crippen MR) is 65.9 cm³/mol. The molecule has 0 spiro atoms. The summed E-state index contributed by atoms with van der Waals surface area (Å²) in [6, 6.07) is 4.84. The fourth-order valence-electron chi connectivity index (χ4n) is 1.58. The van der Waals surface area contributed by atoms with Crippen LogP contribution in [-0.2, 0) is 6.54 Å². The van der Waals surface area contributed by atoms with Gasteiger partial charge in [-0.15, -0.1) is 0 Å². The van der Waals surface area contributed by atoms with Crippen molar-refractivity contribution in [2.45, 2.75) is 19.9 Å². The van der Waals surface area contributed by atoms with Crippen LogP contribution in [0, 0.1) is 5.82 Å². The zero-order valence-corrected chi connectivity index (χ0v) is 10.6. The summed E-state index contributed by atoms with van der Waals surface area (Å²) in [6.07, 6.45) is 1.07. The van der Waals surface area contributed by atoms with E-state index in [9.17, 15) is 4.39 Å². The number of nitrogens with one attached hydrogen (secondary N) is 1. The summed E-state index contributed by atoms with van der Waals surface area (Å²) < 4.78 is 19.8. The highest BCUT2D eigenvalue weighted by Crippen LogP contribution is 2.29. The first-order chi connectivity index (χ1) is 7.72. The van der Waals surface area contributed by atoms with E-state index in [2.05, 4.69) is 28.2 Å². The van der Waals surface area contributed by atoms with Gasteiger partial charge in [0, 0.05) is 0 Å². The summed E-state index contributed by atoms with van der Waals surface area (Å²) >= 11 is 3.35. The van der Waals surface area contributed by atoms with Gasteiger partial charge in [-0.25, -0.2) is 4.39 Å². The molecule has 2 nitrogen and oxygen atoms in total. The zero-order chi connectivity index (χ0) is 11.5. The molecule has 0 aliphatic carbocycles. The van der Waals surface area contributed by atoms with Gasteiger partial charge >= 0.3 is 0 Å². The van der Waals surface area contributed by atoms with Crippen LogP contribution >= 0.6 is 15.9 Å². The van der Waals surface area contributed by atoms with Gasteiger partial charge in [0.25, 0.3) is 0 Å². The van der Waals surface area contributed by atoms with E-state index in [1.54, 1.807) is 12.1 Å². The highest BCUT2D eigenvalue weighted by molar-refractivity contribution is 9.10. The van der Waals surface area contributed by atoms with Gasteiger partial charge < -0.3 is 9.73 Å². The van der Waals surface area contributed by atoms with E-state index in [0.29, 0.717) is 17.5 Å². The minimum Gasteiger partial charge on any atom is -0.458 e. The van der Waals surface area contributed by atoms with E-state index >= 15 is 0 Å². The maximum absolute atomic E-state index is 13.5. The van der Waals surface area contributed by atoms with Gasteiger partial charge in [0.1, 0.15) is 11.6 Å². The Kier molecular flexibility index (Phi) is 3.61.